The van der Waals surface area contributed by atoms with Gasteiger partial charge in [-0.25, -0.2) is 4.79 Å². The molecule has 1 saturated carbocycles. The predicted molar refractivity (Wildman–Crippen MR) is 74.8 cm³/mol. The first-order valence-electron chi connectivity index (χ1n) is 6.79. The van der Waals surface area contributed by atoms with Gasteiger partial charge in [0.15, 0.2) is 5.54 Å². The molecular weight excluding hydrogens is 240 g/mol. The fraction of sp³-hybridized carbons (Fsp3) is 0.533. The third kappa shape index (κ3) is 3.14. The maximum absolute atomic E-state index is 11.6. The lowest BCUT2D eigenvalue weighted by atomic mass is 9.84. The van der Waals surface area contributed by atoms with Crippen LogP contribution in [0.5, 0.6) is 0 Å². The van der Waals surface area contributed by atoms with Crippen LogP contribution in [0, 0.1) is 5.92 Å². The number of nitrogens with two attached hydrogens (primary N) is 1. The van der Waals surface area contributed by atoms with Gasteiger partial charge >= 0.3 is 5.97 Å². The minimum Gasteiger partial charge on any atom is -0.480 e. The lowest BCUT2D eigenvalue weighted by Gasteiger charge is -2.34. The molecule has 19 heavy (non-hydrogen) atoms. The van der Waals surface area contributed by atoms with Crippen molar-refractivity contribution in [3.63, 3.8) is 0 Å². The molecule has 1 atom stereocenters. The third-order valence-electron chi connectivity index (χ3n) is 3.98. The van der Waals surface area contributed by atoms with Gasteiger partial charge in [0.2, 0.25) is 0 Å². The summed E-state index contributed by atoms with van der Waals surface area (Å²) in [6, 6.07) is 9.08. The lowest BCUT2D eigenvalue weighted by Crippen LogP contribution is -2.53. The molecule has 104 valence electrons. The number of aliphatic carboxylic acids is 1. The van der Waals surface area contributed by atoms with E-state index in [1.807, 2.05) is 30.1 Å². The van der Waals surface area contributed by atoms with Gasteiger partial charge in [0, 0.05) is 13.1 Å². The molecular formula is C15H22N2O2. The molecule has 2 rings (SSSR count). The summed E-state index contributed by atoms with van der Waals surface area (Å²) in [5, 5.41) is 9.49. The molecule has 1 unspecified atom stereocenters. The van der Waals surface area contributed by atoms with Crippen molar-refractivity contribution < 1.29 is 9.90 Å². The molecule has 1 aliphatic carbocycles. The Bertz CT molecular complexity index is 431. The molecule has 4 heteroatoms. The van der Waals surface area contributed by atoms with Crippen molar-refractivity contribution in [3.05, 3.63) is 35.9 Å². The maximum atomic E-state index is 11.6. The number of hydrogen-bond acceptors (Lipinski definition) is 3. The van der Waals surface area contributed by atoms with Gasteiger partial charge in [-0.15, -0.1) is 0 Å². The Morgan fingerprint density at radius 1 is 1.42 bits per heavy atom. The summed E-state index contributed by atoms with van der Waals surface area (Å²) in [5.41, 5.74) is 5.48. The van der Waals surface area contributed by atoms with Gasteiger partial charge in [-0.05, 0) is 31.4 Å². The first-order valence-corrected chi connectivity index (χ1v) is 6.79. The van der Waals surface area contributed by atoms with Gasteiger partial charge in [0.1, 0.15) is 0 Å². The van der Waals surface area contributed by atoms with E-state index >= 15 is 0 Å². The van der Waals surface area contributed by atoms with Crippen LogP contribution in [0.3, 0.4) is 0 Å². The summed E-state index contributed by atoms with van der Waals surface area (Å²) < 4.78 is 0. The zero-order valence-corrected chi connectivity index (χ0v) is 11.4. The molecule has 0 saturated heterocycles. The topological polar surface area (TPSA) is 66.6 Å². The van der Waals surface area contributed by atoms with E-state index in [2.05, 4.69) is 0 Å². The number of carboxylic acid groups (broad SMARTS) is 1. The summed E-state index contributed by atoms with van der Waals surface area (Å²) in [4.78, 5) is 13.6. The first-order chi connectivity index (χ1) is 9.02. The zero-order valence-electron chi connectivity index (χ0n) is 11.4. The Kier molecular flexibility index (Phi) is 4.22. The van der Waals surface area contributed by atoms with E-state index < -0.39 is 11.5 Å². The van der Waals surface area contributed by atoms with Crippen LogP contribution in [-0.4, -0.2) is 36.1 Å². The molecule has 0 heterocycles. The summed E-state index contributed by atoms with van der Waals surface area (Å²) >= 11 is 0. The second-order valence-electron chi connectivity index (χ2n) is 5.64. The molecule has 0 amide bonds. The summed E-state index contributed by atoms with van der Waals surface area (Å²) in [6.45, 7) is 1.27. The van der Waals surface area contributed by atoms with Crippen molar-refractivity contribution in [2.24, 2.45) is 11.7 Å². The van der Waals surface area contributed by atoms with E-state index in [9.17, 15) is 9.90 Å². The van der Waals surface area contributed by atoms with Gasteiger partial charge in [0.25, 0.3) is 0 Å². The van der Waals surface area contributed by atoms with Crippen molar-refractivity contribution in [3.8, 4) is 0 Å². The highest BCUT2D eigenvalue weighted by atomic mass is 16.4. The van der Waals surface area contributed by atoms with Gasteiger partial charge < -0.3 is 15.7 Å². The zero-order chi connectivity index (χ0) is 13.9. The van der Waals surface area contributed by atoms with Crippen LogP contribution in [0.15, 0.2) is 30.3 Å². The summed E-state index contributed by atoms with van der Waals surface area (Å²) in [5.74, 6) is -0.266. The van der Waals surface area contributed by atoms with Crippen molar-refractivity contribution in [1.82, 2.24) is 4.90 Å². The van der Waals surface area contributed by atoms with Crippen LogP contribution in [0.1, 0.15) is 24.8 Å². The molecule has 0 aromatic heterocycles. The Labute approximate surface area is 114 Å². The second kappa shape index (κ2) is 5.72. The fourth-order valence-electron chi connectivity index (χ4n) is 2.62. The molecule has 3 N–H and O–H groups in total. The molecule has 4 nitrogen and oxygen atoms in total. The number of nitrogens with zero attached hydrogens (tertiary/aromatic N) is 1. The van der Waals surface area contributed by atoms with E-state index in [0.29, 0.717) is 18.0 Å². The lowest BCUT2D eigenvalue weighted by molar-refractivity contribution is -0.144. The van der Waals surface area contributed by atoms with Crippen molar-refractivity contribution in [2.75, 3.05) is 20.1 Å². The van der Waals surface area contributed by atoms with Crippen LogP contribution >= 0.6 is 0 Å². The standard InChI is InChI=1S/C15H22N2O2/c1-17(10-12-6-5-7-12)11-15(16,14(18)19)13-8-3-2-4-9-13/h2-4,8-9,12H,5-7,10-11,16H2,1H3,(H,18,19). The quantitative estimate of drug-likeness (QED) is 0.818. The Hall–Kier alpha value is -1.39. The number of likely N-dealkylation sites (N-methyl/N-ethyl adjacent to an activating group) is 1. The fourth-order valence-corrected chi connectivity index (χ4v) is 2.62. The molecule has 1 aromatic carbocycles. The van der Waals surface area contributed by atoms with Gasteiger partial charge in [-0.1, -0.05) is 36.8 Å². The summed E-state index contributed by atoms with van der Waals surface area (Å²) in [7, 11) is 1.95. The van der Waals surface area contributed by atoms with Gasteiger partial charge in [-0.2, -0.15) is 0 Å². The first kappa shape index (κ1) is 14.0. The monoisotopic (exact) mass is 262 g/mol. The molecule has 1 fully saturated rings. The smallest absolute Gasteiger partial charge is 0.329 e. The molecule has 1 aromatic rings. The van der Waals surface area contributed by atoms with Crippen molar-refractivity contribution >= 4 is 5.97 Å². The minimum absolute atomic E-state index is 0.336. The molecule has 0 radical (unpaired) electrons. The largest absolute Gasteiger partial charge is 0.480 e. The van der Waals surface area contributed by atoms with Crippen LogP contribution in [0.25, 0.3) is 0 Å². The highest BCUT2D eigenvalue weighted by molar-refractivity contribution is 5.80. The van der Waals surface area contributed by atoms with E-state index in [0.717, 1.165) is 6.54 Å². The van der Waals surface area contributed by atoms with E-state index in [4.69, 9.17) is 5.73 Å². The Morgan fingerprint density at radius 2 is 2.05 bits per heavy atom. The van der Waals surface area contributed by atoms with E-state index in [1.165, 1.54) is 19.3 Å². The third-order valence-corrected chi connectivity index (χ3v) is 3.98. The molecule has 0 bridgehead atoms. The average molecular weight is 262 g/mol. The number of carboxylic acids is 1. The Morgan fingerprint density at radius 3 is 2.53 bits per heavy atom. The second-order valence-corrected chi connectivity index (χ2v) is 5.64. The molecule has 1 aliphatic rings. The Balaban J connectivity index is 2.08. The average Bonchev–Trinajstić information content (AvgIpc) is 2.34. The number of carbonyl (C=O) groups is 1. The predicted octanol–water partition coefficient (Wildman–Crippen LogP) is 1.66. The normalized spacial score (nSPS) is 18.9. The summed E-state index contributed by atoms with van der Waals surface area (Å²) in [6.07, 6.45) is 3.80. The minimum atomic E-state index is -1.33. The van der Waals surface area contributed by atoms with Gasteiger partial charge in [0.05, 0.1) is 0 Å². The van der Waals surface area contributed by atoms with Crippen LogP contribution in [0.2, 0.25) is 0 Å². The maximum Gasteiger partial charge on any atom is 0.329 e. The number of rotatable bonds is 6. The number of benzene rings is 1. The highest BCUT2D eigenvalue weighted by Gasteiger charge is 2.37. The van der Waals surface area contributed by atoms with Crippen LogP contribution in [0.4, 0.5) is 0 Å². The van der Waals surface area contributed by atoms with Crippen LogP contribution < -0.4 is 5.73 Å². The number of hydrogen-bond donors (Lipinski definition) is 2. The van der Waals surface area contributed by atoms with E-state index in [-0.39, 0.29) is 0 Å². The molecule has 0 aliphatic heterocycles. The van der Waals surface area contributed by atoms with Gasteiger partial charge in [-0.3, -0.25) is 0 Å². The SMILES string of the molecule is CN(CC1CCC1)CC(N)(C(=O)O)c1ccccc1. The molecule has 0 spiro atoms. The van der Waals surface area contributed by atoms with Crippen molar-refractivity contribution in [1.29, 1.82) is 0 Å². The van der Waals surface area contributed by atoms with E-state index in [1.54, 1.807) is 12.1 Å². The van der Waals surface area contributed by atoms with Crippen LogP contribution in [-0.2, 0) is 10.3 Å². The highest BCUT2D eigenvalue weighted by Crippen LogP contribution is 2.28. The van der Waals surface area contributed by atoms with Crippen molar-refractivity contribution in [2.45, 2.75) is 24.8 Å².